The SMILES string of the molecule is CC1(C)COC(C(C)(C)OC(=O)Nc2cc(Cl)cc(Cl)c2)=N1. The summed E-state index contributed by atoms with van der Waals surface area (Å²) in [5.74, 6) is 0.400. The molecule has 0 spiro atoms. The Balaban J connectivity index is 2.05. The molecule has 1 N–H and O–H groups in total. The molecule has 0 radical (unpaired) electrons. The van der Waals surface area contributed by atoms with E-state index < -0.39 is 11.7 Å². The number of carbonyl (C=O) groups is 1. The van der Waals surface area contributed by atoms with E-state index in [2.05, 4.69) is 10.3 Å². The largest absolute Gasteiger partial charge is 0.476 e. The second-order valence-electron chi connectivity index (χ2n) is 6.20. The maximum absolute atomic E-state index is 12.0. The zero-order valence-corrected chi connectivity index (χ0v) is 14.4. The predicted octanol–water partition coefficient (Wildman–Crippen LogP) is 4.53. The van der Waals surface area contributed by atoms with Crippen molar-refractivity contribution in [2.24, 2.45) is 4.99 Å². The molecule has 1 aliphatic heterocycles. The highest BCUT2D eigenvalue weighted by atomic mass is 35.5. The molecule has 22 heavy (non-hydrogen) atoms. The maximum Gasteiger partial charge on any atom is 0.412 e. The van der Waals surface area contributed by atoms with Gasteiger partial charge in [0.2, 0.25) is 5.90 Å². The van der Waals surface area contributed by atoms with E-state index in [0.717, 1.165) is 0 Å². The smallest absolute Gasteiger partial charge is 0.412 e. The van der Waals surface area contributed by atoms with Gasteiger partial charge in [-0.3, -0.25) is 5.32 Å². The van der Waals surface area contributed by atoms with Crippen LogP contribution >= 0.6 is 23.2 Å². The Bertz CT molecular complexity index is 607. The Labute approximate surface area is 139 Å². The first kappa shape index (κ1) is 16.9. The number of rotatable bonds is 3. The van der Waals surface area contributed by atoms with Gasteiger partial charge >= 0.3 is 6.09 Å². The number of ether oxygens (including phenoxy) is 2. The average molecular weight is 345 g/mol. The minimum Gasteiger partial charge on any atom is -0.476 e. The fraction of sp³-hybridized carbons (Fsp3) is 0.467. The number of carbonyl (C=O) groups excluding carboxylic acids is 1. The summed E-state index contributed by atoms with van der Waals surface area (Å²) < 4.78 is 10.9. The van der Waals surface area contributed by atoms with Gasteiger partial charge in [-0.25, -0.2) is 9.79 Å². The molecule has 1 heterocycles. The van der Waals surface area contributed by atoms with Crippen LogP contribution in [0.4, 0.5) is 10.5 Å². The normalized spacial score (nSPS) is 16.7. The van der Waals surface area contributed by atoms with E-state index >= 15 is 0 Å². The Morgan fingerprint density at radius 1 is 1.32 bits per heavy atom. The quantitative estimate of drug-likeness (QED) is 0.876. The van der Waals surface area contributed by atoms with Gasteiger partial charge in [-0.05, 0) is 45.9 Å². The van der Waals surface area contributed by atoms with Crippen LogP contribution in [0.2, 0.25) is 10.0 Å². The monoisotopic (exact) mass is 344 g/mol. The van der Waals surface area contributed by atoms with Crippen LogP contribution in [0.15, 0.2) is 23.2 Å². The Morgan fingerprint density at radius 3 is 2.41 bits per heavy atom. The minimum atomic E-state index is -0.972. The highest BCUT2D eigenvalue weighted by molar-refractivity contribution is 6.35. The van der Waals surface area contributed by atoms with Crippen molar-refractivity contribution in [3.8, 4) is 0 Å². The molecule has 0 aliphatic carbocycles. The lowest BCUT2D eigenvalue weighted by Gasteiger charge is -2.24. The van der Waals surface area contributed by atoms with Crippen molar-refractivity contribution < 1.29 is 14.3 Å². The second-order valence-corrected chi connectivity index (χ2v) is 7.07. The van der Waals surface area contributed by atoms with Crippen LogP contribution in [0.5, 0.6) is 0 Å². The van der Waals surface area contributed by atoms with Gasteiger partial charge in [-0.2, -0.15) is 0 Å². The van der Waals surface area contributed by atoms with Crippen molar-refractivity contribution in [3.63, 3.8) is 0 Å². The van der Waals surface area contributed by atoms with E-state index in [4.69, 9.17) is 32.7 Å². The molecule has 120 valence electrons. The van der Waals surface area contributed by atoms with Crippen LogP contribution in [0, 0.1) is 0 Å². The van der Waals surface area contributed by atoms with E-state index in [1.54, 1.807) is 32.0 Å². The van der Waals surface area contributed by atoms with Crippen LogP contribution in [0.3, 0.4) is 0 Å². The third-order valence-corrected chi connectivity index (χ3v) is 3.37. The number of hydrogen-bond acceptors (Lipinski definition) is 4. The van der Waals surface area contributed by atoms with Crippen LogP contribution in [0.1, 0.15) is 27.7 Å². The molecule has 0 fully saturated rings. The van der Waals surface area contributed by atoms with Gasteiger partial charge in [-0.15, -0.1) is 0 Å². The molecule has 1 aromatic rings. The Kier molecular flexibility index (Phi) is 4.59. The van der Waals surface area contributed by atoms with E-state index in [0.29, 0.717) is 28.2 Å². The lowest BCUT2D eigenvalue weighted by molar-refractivity contribution is 0.0792. The summed E-state index contributed by atoms with van der Waals surface area (Å²) in [5.41, 5.74) is -0.833. The summed E-state index contributed by atoms with van der Waals surface area (Å²) in [4.78, 5) is 16.5. The van der Waals surface area contributed by atoms with Gasteiger partial charge in [0, 0.05) is 15.7 Å². The van der Waals surface area contributed by atoms with Gasteiger partial charge in [0.1, 0.15) is 6.61 Å². The average Bonchev–Trinajstić information content (AvgIpc) is 2.68. The maximum atomic E-state index is 12.0. The molecular weight excluding hydrogens is 327 g/mol. The highest BCUT2D eigenvalue weighted by Crippen LogP contribution is 2.26. The number of hydrogen-bond donors (Lipinski definition) is 1. The molecule has 0 atom stereocenters. The summed E-state index contributed by atoms with van der Waals surface area (Å²) in [6, 6.07) is 4.73. The molecule has 1 aromatic carbocycles. The van der Waals surface area contributed by atoms with Crippen molar-refractivity contribution in [1.29, 1.82) is 0 Å². The Hall–Kier alpha value is -1.46. The van der Waals surface area contributed by atoms with Crippen LogP contribution in [0.25, 0.3) is 0 Å². The first-order valence-corrected chi connectivity index (χ1v) is 7.52. The zero-order valence-electron chi connectivity index (χ0n) is 12.9. The van der Waals surface area contributed by atoms with E-state index in [-0.39, 0.29) is 5.54 Å². The van der Waals surface area contributed by atoms with Gasteiger partial charge in [0.05, 0.1) is 5.54 Å². The first-order chi connectivity index (χ1) is 10.1. The minimum absolute atomic E-state index is 0.313. The van der Waals surface area contributed by atoms with Crippen molar-refractivity contribution in [3.05, 3.63) is 28.2 Å². The number of aliphatic imine (C=N–C) groups is 1. The standard InChI is InChI=1S/C15H18Cl2N2O3/c1-14(2)8-21-12(19-14)15(3,4)22-13(20)18-11-6-9(16)5-10(17)7-11/h5-7H,8H2,1-4H3,(H,18,20). The molecule has 0 bridgehead atoms. The topological polar surface area (TPSA) is 59.9 Å². The molecule has 0 saturated carbocycles. The van der Waals surface area contributed by atoms with Crippen LogP contribution in [-0.2, 0) is 9.47 Å². The first-order valence-electron chi connectivity index (χ1n) is 6.77. The molecule has 0 saturated heterocycles. The van der Waals surface area contributed by atoms with Crippen LogP contribution in [-0.4, -0.2) is 29.7 Å². The molecule has 5 nitrogen and oxygen atoms in total. The van der Waals surface area contributed by atoms with Crippen LogP contribution < -0.4 is 5.32 Å². The molecule has 2 rings (SSSR count). The highest BCUT2D eigenvalue weighted by Gasteiger charge is 2.38. The lowest BCUT2D eigenvalue weighted by Crippen LogP contribution is -2.39. The van der Waals surface area contributed by atoms with Gasteiger partial charge in [0.15, 0.2) is 5.60 Å². The fourth-order valence-electron chi connectivity index (χ4n) is 1.94. The summed E-state index contributed by atoms with van der Waals surface area (Å²) in [5, 5.41) is 3.43. The summed E-state index contributed by atoms with van der Waals surface area (Å²) in [6.45, 7) is 7.80. The fourth-order valence-corrected chi connectivity index (χ4v) is 2.46. The van der Waals surface area contributed by atoms with Crippen molar-refractivity contribution in [2.75, 3.05) is 11.9 Å². The number of halogens is 2. The number of anilines is 1. The summed E-state index contributed by atoms with van der Waals surface area (Å²) in [6.07, 6.45) is -0.640. The molecular formula is C15H18Cl2N2O3. The summed E-state index contributed by atoms with van der Waals surface area (Å²) >= 11 is 11.8. The van der Waals surface area contributed by atoms with E-state index in [1.807, 2.05) is 13.8 Å². The predicted molar refractivity (Wildman–Crippen MR) is 88.1 cm³/mol. The molecule has 0 unspecified atom stereocenters. The van der Waals surface area contributed by atoms with Crippen molar-refractivity contribution in [2.45, 2.75) is 38.8 Å². The van der Waals surface area contributed by atoms with Gasteiger partial charge in [0.25, 0.3) is 0 Å². The molecule has 1 amide bonds. The molecule has 1 aliphatic rings. The zero-order chi connectivity index (χ0) is 16.5. The van der Waals surface area contributed by atoms with E-state index in [1.165, 1.54) is 0 Å². The van der Waals surface area contributed by atoms with Crippen molar-refractivity contribution in [1.82, 2.24) is 0 Å². The lowest BCUT2D eigenvalue weighted by atomic mass is 10.1. The molecule has 7 heteroatoms. The summed E-state index contributed by atoms with van der Waals surface area (Å²) in [7, 11) is 0. The number of benzene rings is 1. The third kappa shape index (κ3) is 4.27. The second kappa shape index (κ2) is 5.97. The van der Waals surface area contributed by atoms with Gasteiger partial charge < -0.3 is 9.47 Å². The number of nitrogens with zero attached hydrogens (tertiary/aromatic N) is 1. The molecule has 0 aromatic heterocycles. The van der Waals surface area contributed by atoms with Crippen molar-refractivity contribution >= 4 is 40.9 Å². The number of nitrogens with one attached hydrogen (secondary N) is 1. The third-order valence-electron chi connectivity index (χ3n) is 2.94. The van der Waals surface area contributed by atoms with Gasteiger partial charge in [-0.1, -0.05) is 23.2 Å². The van der Waals surface area contributed by atoms with E-state index in [9.17, 15) is 4.79 Å². The Morgan fingerprint density at radius 2 is 1.91 bits per heavy atom. The number of amides is 1.